The van der Waals surface area contributed by atoms with Crippen molar-refractivity contribution in [2.45, 2.75) is 59.3 Å². The minimum absolute atomic E-state index is 0.0710. The Morgan fingerprint density at radius 3 is 2.35 bits per heavy atom. The van der Waals surface area contributed by atoms with Crippen molar-refractivity contribution in [2.75, 3.05) is 0 Å². The van der Waals surface area contributed by atoms with E-state index < -0.39 is 5.97 Å². The third-order valence-corrected chi connectivity index (χ3v) is 3.52. The molecular weight excluding hydrogens is 248 g/mol. The summed E-state index contributed by atoms with van der Waals surface area (Å²) in [5.41, 5.74) is 4.57. The van der Waals surface area contributed by atoms with Gasteiger partial charge in [0.15, 0.2) is 0 Å². The Kier molecular flexibility index (Phi) is 5.55. The Bertz CT molecular complexity index is 505. The lowest BCUT2D eigenvalue weighted by Crippen LogP contribution is -2.12. The first-order valence-corrected chi connectivity index (χ1v) is 7.36. The molecular formula is C18H26O2. The van der Waals surface area contributed by atoms with Crippen molar-refractivity contribution in [3.8, 4) is 0 Å². The van der Waals surface area contributed by atoms with Gasteiger partial charge in [-0.2, -0.15) is 0 Å². The largest absolute Gasteiger partial charge is 0.478 e. The van der Waals surface area contributed by atoms with Gasteiger partial charge in [-0.15, -0.1) is 0 Å². The molecule has 110 valence electrons. The first-order chi connectivity index (χ1) is 9.29. The van der Waals surface area contributed by atoms with Crippen molar-refractivity contribution < 1.29 is 9.90 Å². The van der Waals surface area contributed by atoms with Gasteiger partial charge in [-0.25, -0.2) is 4.79 Å². The van der Waals surface area contributed by atoms with Gasteiger partial charge in [0.1, 0.15) is 0 Å². The highest BCUT2D eigenvalue weighted by Gasteiger charge is 2.17. The first-order valence-electron chi connectivity index (χ1n) is 7.36. The topological polar surface area (TPSA) is 37.3 Å². The van der Waals surface area contributed by atoms with E-state index in [1.54, 1.807) is 0 Å². The van der Waals surface area contributed by atoms with Crippen LogP contribution in [0.25, 0.3) is 5.57 Å². The molecule has 1 aromatic carbocycles. The summed E-state index contributed by atoms with van der Waals surface area (Å²) < 4.78 is 0. The highest BCUT2D eigenvalue weighted by molar-refractivity contribution is 5.90. The molecule has 0 bridgehead atoms. The van der Waals surface area contributed by atoms with Gasteiger partial charge in [0.25, 0.3) is 0 Å². The van der Waals surface area contributed by atoms with Gasteiger partial charge in [0.05, 0.1) is 0 Å². The van der Waals surface area contributed by atoms with Gasteiger partial charge in [-0.3, -0.25) is 0 Å². The van der Waals surface area contributed by atoms with Gasteiger partial charge in [-0.1, -0.05) is 59.2 Å². The van der Waals surface area contributed by atoms with Crippen LogP contribution in [-0.2, 0) is 16.6 Å². The van der Waals surface area contributed by atoms with E-state index in [0.29, 0.717) is 0 Å². The number of hydrogen-bond donors (Lipinski definition) is 1. The van der Waals surface area contributed by atoms with Crippen molar-refractivity contribution in [1.82, 2.24) is 0 Å². The molecule has 0 amide bonds. The van der Waals surface area contributed by atoms with Crippen LogP contribution in [0.4, 0.5) is 0 Å². The molecule has 2 nitrogen and oxygen atoms in total. The molecule has 0 unspecified atom stereocenters. The third kappa shape index (κ3) is 4.22. The van der Waals surface area contributed by atoms with E-state index in [-0.39, 0.29) is 5.41 Å². The predicted octanol–water partition coefficient (Wildman–Crippen LogP) is 4.81. The van der Waals surface area contributed by atoms with E-state index in [4.69, 9.17) is 5.11 Å². The van der Waals surface area contributed by atoms with E-state index in [2.05, 4.69) is 52.8 Å². The van der Waals surface area contributed by atoms with E-state index in [1.165, 1.54) is 17.2 Å². The first kappa shape index (κ1) is 16.5. The third-order valence-electron chi connectivity index (χ3n) is 3.52. The number of carbonyl (C=O) groups is 1. The van der Waals surface area contributed by atoms with Gasteiger partial charge >= 0.3 is 5.97 Å². The molecule has 1 aromatic rings. The van der Waals surface area contributed by atoms with Crippen LogP contribution >= 0.6 is 0 Å². The second-order valence-corrected chi connectivity index (χ2v) is 6.23. The Labute approximate surface area is 122 Å². The van der Waals surface area contributed by atoms with Crippen LogP contribution < -0.4 is 0 Å². The number of carboxylic acids is 1. The number of benzene rings is 1. The lowest BCUT2D eigenvalue weighted by molar-refractivity contribution is -0.131. The normalized spacial score (nSPS) is 12.6. The molecule has 0 radical (unpaired) electrons. The van der Waals surface area contributed by atoms with Crippen LogP contribution in [0.5, 0.6) is 0 Å². The summed E-state index contributed by atoms with van der Waals surface area (Å²) in [5, 5.41) is 9.09. The average Bonchev–Trinajstić information content (AvgIpc) is 2.36. The molecule has 0 aliphatic heterocycles. The summed E-state index contributed by atoms with van der Waals surface area (Å²) in [4.78, 5) is 11.1. The highest BCUT2D eigenvalue weighted by atomic mass is 16.4. The molecule has 0 aliphatic carbocycles. The van der Waals surface area contributed by atoms with Gasteiger partial charge in [-0.05, 0) is 40.5 Å². The molecule has 0 aliphatic rings. The quantitative estimate of drug-likeness (QED) is 0.782. The van der Waals surface area contributed by atoms with E-state index in [9.17, 15) is 4.79 Å². The van der Waals surface area contributed by atoms with Crippen molar-refractivity contribution in [3.05, 3.63) is 41.0 Å². The Morgan fingerprint density at radius 2 is 1.90 bits per heavy atom. The molecule has 1 N–H and O–H groups in total. The second kappa shape index (κ2) is 6.74. The maximum absolute atomic E-state index is 11.1. The monoisotopic (exact) mass is 274 g/mol. The number of hydrogen-bond acceptors (Lipinski definition) is 1. The zero-order valence-corrected chi connectivity index (χ0v) is 13.3. The van der Waals surface area contributed by atoms with E-state index >= 15 is 0 Å². The average molecular weight is 274 g/mol. The fourth-order valence-corrected chi connectivity index (χ4v) is 2.35. The van der Waals surface area contributed by atoms with Crippen molar-refractivity contribution in [2.24, 2.45) is 0 Å². The number of carboxylic acid groups (broad SMARTS) is 1. The number of rotatable bonds is 5. The van der Waals surface area contributed by atoms with Crippen molar-refractivity contribution in [3.63, 3.8) is 0 Å². The smallest absolute Gasteiger partial charge is 0.328 e. The number of aliphatic carboxylic acids is 1. The van der Waals surface area contributed by atoms with Gasteiger partial charge < -0.3 is 5.11 Å². The van der Waals surface area contributed by atoms with Gasteiger partial charge in [0, 0.05) is 6.08 Å². The summed E-state index contributed by atoms with van der Waals surface area (Å²) in [5.74, 6) is -0.864. The van der Waals surface area contributed by atoms with Crippen LogP contribution in [0.15, 0.2) is 24.3 Å². The summed E-state index contributed by atoms with van der Waals surface area (Å²) in [6.07, 6.45) is 4.03. The summed E-state index contributed by atoms with van der Waals surface area (Å²) in [6.45, 7) is 10.7. The number of aryl methyl sites for hydroxylation is 1. The minimum Gasteiger partial charge on any atom is -0.478 e. The molecule has 0 fully saturated rings. The summed E-state index contributed by atoms with van der Waals surface area (Å²) >= 11 is 0. The van der Waals surface area contributed by atoms with Crippen LogP contribution in [0.2, 0.25) is 0 Å². The number of allylic oxidation sites excluding steroid dienone is 1. The SMILES string of the molecule is CCC/C(=C\C(=O)O)c1cc(C(C)(C)C)ccc1CC. The van der Waals surface area contributed by atoms with Crippen molar-refractivity contribution in [1.29, 1.82) is 0 Å². The van der Waals surface area contributed by atoms with Crippen LogP contribution in [0.1, 0.15) is 64.2 Å². The Hall–Kier alpha value is -1.57. The molecule has 0 aromatic heterocycles. The van der Waals surface area contributed by atoms with Crippen LogP contribution in [0, 0.1) is 0 Å². The second-order valence-electron chi connectivity index (χ2n) is 6.23. The maximum atomic E-state index is 11.1. The van der Waals surface area contributed by atoms with E-state index in [1.807, 2.05) is 0 Å². The molecule has 2 heteroatoms. The summed E-state index contributed by atoms with van der Waals surface area (Å²) in [6, 6.07) is 6.47. The molecule has 0 heterocycles. The fraction of sp³-hybridized carbons (Fsp3) is 0.500. The van der Waals surface area contributed by atoms with Gasteiger partial charge in [0.2, 0.25) is 0 Å². The van der Waals surface area contributed by atoms with E-state index in [0.717, 1.165) is 30.4 Å². The fourth-order valence-electron chi connectivity index (χ4n) is 2.35. The molecule has 0 saturated heterocycles. The molecule has 0 spiro atoms. The highest BCUT2D eigenvalue weighted by Crippen LogP contribution is 2.30. The predicted molar refractivity (Wildman–Crippen MR) is 85.0 cm³/mol. The van der Waals surface area contributed by atoms with Crippen LogP contribution in [0.3, 0.4) is 0 Å². The molecule has 20 heavy (non-hydrogen) atoms. The summed E-state index contributed by atoms with van der Waals surface area (Å²) in [7, 11) is 0. The Morgan fingerprint density at radius 1 is 1.25 bits per heavy atom. The lowest BCUT2D eigenvalue weighted by atomic mass is 9.83. The lowest BCUT2D eigenvalue weighted by Gasteiger charge is -2.22. The molecule has 0 saturated carbocycles. The minimum atomic E-state index is -0.864. The standard InChI is InChI=1S/C18H26O2/c1-6-8-14(11-17(19)20)16-12-15(18(3,4)5)10-9-13(16)7-2/h9-12H,6-8H2,1-5H3,(H,19,20)/b14-11+. The zero-order chi connectivity index (χ0) is 15.3. The molecule has 1 rings (SSSR count). The Balaban J connectivity index is 3.41. The zero-order valence-electron chi connectivity index (χ0n) is 13.3. The van der Waals surface area contributed by atoms with Crippen molar-refractivity contribution >= 4 is 11.5 Å². The maximum Gasteiger partial charge on any atom is 0.328 e. The van der Waals surface area contributed by atoms with Crippen LogP contribution in [-0.4, -0.2) is 11.1 Å². The molecule has 0 atom stereocenters.